The molecule has 0 aromatic carbocycles. The smallest absolute Gasteiger partial charge is 0.406 e. The number of likely N-dealkylation sites (tertiary alicyclic amines) is 1. The number of nitrogens with zero attached hydrogens (tertiary/aromatic N) is 3. The molecule has 0 saturated carbocycles. The molecule has 1 fully saturated rings. The van der Waals surface area contributed by atoms with Crippen LogP contribution in [0, 0.1) is 17.0 Å². The highest BCUT2D eigenvalue weighted by Gasteiger charge is 2.26. The first-order valence-electron chi connectivity index (χ1n) is 7.56. The van der Waals surface area contributed by atoms with Crippen molar-refractivity contribution in [2.45, 2.75) is 45.6 Å². The van der Waals surface area contributed by atoms with E-state index in [2.05, 4.69) is 4.98 Å². The van der Waals surface area contributed by atoms with E-state index in [9.17, 15) is 14.9 Å². The Kier molecular flexibility index (Phi) is 5.30. The minimum atomic E-state index is -0.763. The zero-order valence-electron chi connectivity index (χ0n) is 12.9. The van der Waals surface area contributed by atoms with Crippen LogP contribution in [0.1, 0.15) is 38.3 Å². The Morgan fingerprint density at radius 2 is 1.95 bits per heavy atom. The third-order valence-corrected chi connectivity index (χ3v) is 3.72. The van der Waals surface area contributed by atoms with Crippen molar-refractivity contribution in [1.29, 1.82) is 0 Å². The molecule has 1 aliphatic heterocycles. The number of nitro groups is 1. The van der Waals surface area contributed by atoms with Gasteiger partial charge in [0.05, 0.1) is 0 Å². The van der Waals surface area contributed by atoms with Crippen LogP contribution < -0.4 is 4.74 Å². The second-order valence-electron chi connectivity index (χ2n) is 5.53. The van der Waals surface area contributed by atoms with Crippen LogP contribution in [-0.2, 0) is 4.79 Å². The zero-order valence-corrected chi connectivity index (χ0v) is 12.9. The first-order chi connectivity index (χ1) is 10.5. The third-order valence-electron chi connectivity index (χ3n) is 3.72. The topological polar surface area (TPSA) is 85.6 Å². The quantitative estimate of drug-likeness (QED) is 0.630. The molecule has 0 N–H and O–H groups in total. The molecule has 1 aliphatic rings. The van der Waals surface area contributed by atoms with Gasteiger partial charge in [0, 0.05) is 20.0 Å². The predicted molar refractivity (Wildman–Crippen MR) is 80.8 cm³/mol. The van der Waals surface area contributed by atoms with Crippen LogP contribution in [-0.4, -0.2) is 39.9 Å². The van der Waals surface area contributed by atoms with Gasteiger partial charge >= 0.3 is 5.82 Å². The first-order valence-corrected chi connectivity index (χ1v) is 7.56. The van der Waals surface area contributed by atoms with Crippen molar-refractivity contribution in [1.82, 2.24) is 9.88 Å². The van der Waals surface area contributed by atoms with Crippen LogP contribution in [0.15, 0.2) is 12.1 Å². The maximum Gasteiger partial charge on any atom is 0.406 e. The van der Waals surface area contributed by atoms with Crippen LogP contribution in [0.5, 0.6) is 5.75 Å². The van der Waals surface area contributed by atoms with E-state index in [1.807, 2.05) is 0 Å². The number of aryl methyl sites for hydroxylation is 1. The number of rotatable bonds is 4. The summed E-state index contributed by atoms with van der Waals surface area (Å²) in [7, 11) is 0. The fourth-order valence-corrected chi connectivity index (χ4v) is 2.54. The standard InChI is InChI=1S/C15H21N3O4/c1-11-7-8-13(14(16-11)18(20)21)22-12(2)15(19)17-9-5-3-4-6-10-17/h7-8,12H,3-6,9-10H2,1-2H3/t12-/m1/s1. The SMILES string of the molecule is Cc1ccc(O[C@H](C)C(=O)N2CCCCCC2)c([N+](=O)[O-])n1. The van der Waals surface area contributed by atoms with Crippen molar-refractivity contribution in [2.75, 3.05) is 13.1 Å². The van der Waals surface area contributed by atoms with Gasteiger partial charge in [-0.1, -0.05) is 12.8 Å². The van der Waals surface area contributed by atoms with Gasteiger partial charge in [-0.2, -0.15) is 0 Å². The minimum Gasteiger partial charge on any atom is -0.473 e. The molecule has 2 rings (SSSR count). The fraction of sp³-hybridized carbons (Fsp3) is 0.600. The van der Waals surface area contributed by atoms with Crippen LogP contribution >= 0.6 is 0 Å². The Morgan fingerprint density at radius 3 is 2.55 bits per heavy atom. The van der Waals surface area contributed by atoms with Gasteiger partial charge in [-0.05, 0) is 41.8 Å². The molecule has 1 saturated heterocycles. The summed E-state index contributed by atoms with van der Waals surface area (Å²) in [6, 6.07) is 3.12. The van der Waals surface area contributed by atoms with Gasteiger partial charge in [-0.3, -0.25) is 4.79 Å². The summed E-state index contributed by atoms with van der Waals surface area (Å²) in [5.41, 5.74) is 0.533. The lowest BCUT2D eigenvalue weighted by molar-refractivity contribution is -0.390. The number of pyridine rings is 1. The summed E-state index contributed by atoms with van der Waals surface area (Å²) >= 11 is 0. The Balaban J connectivity index is 2.09. The molecule has 0 unspecified atom stereocenters. The molecule has 1 amide bonds. The highest BCUT2D eigenvalue weighted by Crippen LogP contribution is 2.26. The maximum absolute atomic E-state index is 12.4. The lowest BCUT2D eigenvalue weighted by atomic mass is 10.2. The van der Waals surface area contributed by atoms with E-state index in [1.165, 1.54) is 6.07 Å². The monoisotopic (exact) mass is 307 g/mol. The lowest BCUT2D eigenvalue weighted by Crippen LogP contribution is -2.41. The van der Waals surface area contributed by atoms with Gasteiger partial charge in [0.15, 0.2) is 6.10 Å². The second-order valence-corrected chi connectivity index (χ2v) is 5.53. The fourth-order valence-electron chi connectivity index (χ4n) is 2.54. The van der Waals surface area contributed by atoms with E-state index in [4.69, 9.17) is 4.74 Å². The number of amides is 1. The molecule has 22 heavy (non-hydrogen) atoms. The van der Waals surface area contributed by atoms with Crippen molar-refractivity contribution in [3.8, 4) is 5.75 Å². The molecule has 7 heteroatoms. The first kappa shape index (κ1) is 16.2. The van der Waals surface area contributed by atoms with Crippen molar-refractivity contribution in [3.63, 3.8) is 0 Å². The van der Waals surface area contributed by atoms with Gasteiger partial charge in [0.1, 0.15) is 5.69 Å². The lowest BCUT2D eigenvalue weighted by Gasteiger charge is -2.24. The molecule has 0 bridgehead atoms. The highest BCUT2D eigenvalue weighted by molar-refractivity contribution is 5.81. The van der Waals surface area contributed by atoms with E-state index in [-0.39, 0.29) is 17.5 Å². The Bertz CT molecular complexity index is 554. The average Bonchev–Trinajstić information content (AvgIpc) is 2.77. The summed E-state index contributed by atoms with van der Waals surface area (Å²) < 4.78 is 5.52. The summed E-state index contributed by atoms with van der Waals surface area (Å²) in [6.07, 6.45) is 3.48. The molecular weight excluding hydrogens is 286 g/mol. The Labute approximate surface area is 129 Å². The minimum absolute atomic E-state index is 0.0336. The van der Waals surface area contributed by atoms with Crippen molar-refractivity contribution in [3.05, 3.63) is 27.9 Å². The zero-order chi connectivity index (χ0) is 16.1. The number of carbonyl (C=O) groups is 1. The van der Waals surface area contributed by atoms with Crippen molar-refractivity contribution < 1.29 is 14.5 Å². The summed E-state index contributed by atoms with van der Waals surface area (Å²) in [4.78, 5) is 28.5. The second kappa shape index (κ2) is 7.20. The highest BCUT2D eigenvalue weighted by atomic mass is 16.6. The maximum atomic E-state index is 12.4. The molecule has 7 nitrogen and oxygen atoms in total. The van der Waals surface area contributed by atoms with E-state index >= 15 is 0 Å². The number of ether oxygens (including phenoxy) is 1. The van der Waals surface area contributed by atoms with E-state index < -0.39 is 11.0 Å². The average molecular weight is 307 g/mol. The third kappa shape index (κ3) is 3.93. The van der Waals surface area contributed by atoms with Crippen LogP contribution in [0.2, 0.25) is 0 Å². The number of hydrogen-bond donors (Lipinski definition) is 0. The number of hydrogen-bond acceptors (Lipinski definition) is 5. The molecule has 0 radical (unpaired) electrons. The number of carbonyl (C=O) groups excluding carboxylic acids is 1. The molecule has 120 valence electrons. The summed E-state index contributed by atoms with van der Waals surface area (Å²) in [6.45, 7) is 4.74. The normalized spacial score (nSPS) is 16.7. The molecule has 0 spiro atoms. The van der Waals surface area contributed by atoms with E-state index in [1.54, 1.807) is 24.8 Å². The summed E-state index contributed by atoms with van der Waals surface area (Å²) in [5.74, 6) is -0.446. The van der Waals surface area contributed by atoms with Gasteiger partial charge in [0.25, 0.3) is 5.91 Å². The van der Waals surface area contributed by atoms with Gasteiger partial charge in [0.2, 0.25) is 5.75 Å². The van der Waals surface area contributed by atoms with E-state index in [0.29, 0.717) is 5.69 Å². The largest absolute Gasteiger partial charge is 0.473 e. The Morgan fingerprint density at radius 1 is 1.32 bits per heavy atom. The van der Waals surface area contributed by atoms with Crippen LogP contribution in [0.4, 0.5) is 5.82 Å². The Hall–Kier alpha value is -2.18. The molecular formula is C15H21N3O4. The predicted octanol–water partition coefficient (Wildman–Crippen LogP) is 2.47. The van der Waals surface area contributed by atoms with Gasteiger partial charge in [-0.15, -0.1) is 0 Å². The van der Waals surface area contributed by atoms with Crippen LogP contribution in [0.25, 0.3) is 0 Å². The van der Waals surface area contributed by atoms with Crippen molar-refractivity contribution >= 4 is 11.7 Å². The molecule has 2 heterocycles. The van der Waals surface area contributed by atoms with E-state index in [0.717, 1.165) is 38.8 Å². The molecule has 0 aliphatic carbocycles. The van der Waals surface area contributed by atoms with Gasteiger partial charge in [-0.25, -0.2) is 0 Å². The molecule has 1 aromatic rings. The van der Waals surface area contributed by atoms with Gasteiger partial charge < -0.3 is 19.8 Å². The molecule has 1 aromatic heterocycles. The number of aromatic nitrogens is 1. The van der Waals surface area contributed by atoms with Crippen LogP contribution in [0.3, 0.4) is 0 Å². The summed E-state index contributed by atoms with van der Waals surface area (Å²) in [5, 5.41) is 11.0. The van der Waals surface area contributed by atoms with Crippen molar-refractivity contribution in [2.24, 2.45) is 0 Å². The molecule has 1 atom stereocenters.